The lowest BCUT2D eigenvalue weighted by Crippen LogP contribution is -3.13. The Kier molecular flexibility index (Phi) is 5.79. The van der Waals surface area contributed by atoms with E-state index in [0.717, 1.165) is 42.8 Å². The van der Waals surface area contributed by atoms with E-state index in [2.05, 4.69) is 0 Å². The molecule has 3 rings (SSSR count). The molecule has 1 saturated heterocycles. The van der Waals surface area contributed by atoms with Gasteiger partial charge in [0, 0.05) is 5.69 Å². The summed E-state index contributed by atoms with van der Waals surface area (Å²) in [5.41, 5.74) is 1.10. The van der Waals surface area contributed by atoms with Gasteiger partial charge in [0.1, 0.15) is 18.0 Å². The van der Waals surface area contributed by atoms with Crippen LogP contribution in [-0.4, -0.2) is 40.4 Å². The summed E-state index contributed by atoms with van der Waals surface area (Å²) in [6, 6.07) is 11.3. The molecule has 0 radical (unpaired) electrons. The van der Waals surface area contributed by atoms with Crippen LogP contribution in [0.15, 0.2) is 42.5 Å². The average Bonchev–Trinajstić information content (AvgIpc) is 2.68. The molecule has 1 aliphatic rings. The summed E-state index contributed by atoms with van der Waals surface area (Å²) in [6.07, 6.45) is -4.31. The van der Waals surface area contributed by atoms with Crippen molar-refractivity contribution in [2.45, 2.75) is 12.7 Å². The normalized spacial score (nSPS) is 15.7. The first-order valence-electron chi connectivity index (χ1n) is 8.87. The third kappa shape index (κ3) is 4.66. The minimum Gasteiger partial charge on any atom is -0.497 e. The van der Waals surface area contributed by atoms with Gasteiger partial charge >= 0.3 is 6.18 Å². The number of ether oxygens (including phenoxy) is 2. The molecule has 0 bridgehead atoms. The molecule has 1 N–H and O–H groups in total. The number of anilines is 1. The molecule has 146 valence electrons. The van der Waals surface area contributed by atoms with Gasteiger partial charge in [0.25, 0.3) is 0 Å². The van der Waals surface area contributed by atoms with Crippen LogP contribution >= 0.6 is 0 Å². The monoisotopic (exact) mass is 381 g/mol. The molecule has 2 aromatic carbocycles. The Hall–Kier alpha value is -2.41. The van der Waals surface area contributed by atoms with E-state index < -0.39 is 11.7 Å². The highest BCUT2D eigenvalue weighted by Crippen LogP contribution is 2.31. The van der Waals surface area contributed by atoms with Crippen molar-refractivity contribution in [1.29, 1.82) is 0 Å². The number of hydrogen-bond acceptors (Lipinski definition) is 3. The van der Waals surface area contributed by atoms with E-state index in [1.807, 2.05) is 23.1 Å². The summed E-state index contributed by atoms with van der Waals surface area (Å²) in [5.74, 6) is 1.61. The molecule has 1 aliphatic heterocycles. The lowest BCUT2D eigenvalue weighted by Gasteiger charge is -2.34. The van der Waals surface area contributed by atoms with Crippen molar-refractivity contribution in [2.24, 2.45) is 0 Å². The number of rotatable bonds is 5. The Bertz CT molecular complexity index is 772. The zero-order valence-electron chi connectivity index (χ0n) is 15.5. The Labute approximate surface area is 157 Å². The second kappa shape index (κ2) is 8.08. The van der Waals surface area contributed by atoms with Gasteiger partial charge in [-0.2, -0.15) is 13.2 Å². The molecule has 0 aliphatic carbocycles. The second-order valence-corrected chi connectivity index (χ2v) is 6.64. The molecule has 0 amide bonds. The summed E-state index contributed by atoms with van der Waals surface area (Å²) in [6.45, 7) is 3.90. The highest BCUT2D eigenvalue weighted by atomic mass is 19.4. The molecule has 0 saturated carbocycles. The third-order valence-electron chi connectivity index (χ3n) is 4.94. The Morgan fingerprint density at radius 2 is 1.74 bits per heavy atom. The topological polar surface area (TPSA) is 26.1 Å². The quantitative estimate of drug-likeness (QED) is 0.863. The second-order valence-electron chi connectivity index (χ2n) is 6.64. The van der Waals surface area contributed by atoms with Gasteiger partial charge in [-0.05, 0) is 36.4 Å². The van der Waals surface area contributed by atoms with Crippen molar-refractivity contribution >= 4 is 5.69 Å². The lowest BCUT2D eigenvalue weighted by atomic mass is 10.1. The van der Waals surface area contributed by atoms with Gasteiger partial charge in [-0.25, -0.2) is 0 Å². The van der Waals surface area contributed by atoms with E-state index in [9.17, 15) is 13.2 Å². The van der Waals surface area contributed by atoms with Crippen molar-refractivity contribution in [2.75, 3.05) is 45.3 Å². The molecule has 0 atom stereocenters. The lowest BCUT2D eigenvalue weighted by molar-refractivity contribution is -0.914. The molecule has 1 fully saturated rings. The van der Waals surface area contributed by atoms with Crippen LogP contribution in [-0.2, 0) is 12.7 Å². The first-order valence-corrected chi connectivity index (χ1v) is 8.87. The minimum atomic E-state index is -4.31. The Morgan fingerprint density at radius 1 is 1.00 bits per heavy atom. The molecule has 0 aromatic heterocycles. The summed E-state index contributed by atoms with van der Waals surface area (Å²) < 4.78 is 49.5. The maximum Gasteiger partial charge on any atom is 0.416 e. The van der Waals surface area contributed by atoms with Crippen LogP contribution in [0.5, 0.6) is 11.5 Å². The number of alkyl halides is 3. The Balaban J connectivity index is 1.65. The predicted molar refractivity (Wildman–Crippen MR) is 97.6 cm³/mol. The van der Waals surface area contributed by atoms with Crippen LogP contribution in [0.1, 0.15) is 11.1 Å². The molecule has 1 heterocycles. The van der Waals surface area contributed by atoms with E-state index >= 15 is 0 Å². The fourth-order valence-corrected chi connectivity index (χ4v) is 3.43. The number of methoxy groups -OCH3 is 2. The summed E-state index contributed by atoms with van der Waals surface area (Å²) >= 11 is 0. The van der Waals surface area contributed by atoms with Crippen molar-refractivity contribution in [3.8, 4) is 11.5 Å². The molecule has 4 nitrogen and oxygen atoms in total. The summed E-state index contributed by atoms with van der Waals surface area (Å²) in [4.78, 5) is 3.38. The van der Waals surface area contributed by atoms with Crippen LogP contribution in [0.25, 0.3) is 0 Å². The van der Waals surface area contributed by atoms with Crippen molar-refractivity contribution in [1.82, 2.24) is 0 Å². The van der Waals surface area contributed by atoms with Crippen molar-refractivity contribution in [3.05, 3.63) is 53.6 Å². The van der Waals surface area contributed by atoms with E-state index in [4.69, 9.17) is 9.47 Å². The first-order chi connectivity index (χ1) is 12.9. The van der Waals surface area contributed by atoms with Crippen molar-refractivity contribution in [3.63, 3.8) is 0 Å². The standard InChI is InChI=1S/C20H23F3N2O2/c1-26-18-6-7-19(27-2)15(12-18)14-24-8-10-25(11-9-24)17-5-3-4-16(13-17)20(21,22)23/h3-7,12-13H,8-11,14H2,1-2H3/p+1. The van der Waals surface area contributed by atoms with Crippen LogP contribution in [0.3, 0.4) is 0 Å². The first kappa shape index (κ1) is 19.4. The van der Waals surface area contributed by atoms with Crippen LogP contribution in [0.2, 0.25) is 0 Å². The van der Waals surface area contributed by atoms with Gasteiger partial charge in [-0.3, -0.25) is 0 Å². The van der Waals surface area contributed by atoms with Gasteiger partial charge in [-0.1, -0.05) is 6.07 Å². The molecular formula is C20H24F3N2O2+. The molecule has 27 heavy (non-hydrogen) atoms. The number of nitrogens with one attached hydrogen (secondary N) is 1. The molecule has 0 unspecified atom stereocenters. The zero-order chi connectivity index (χ0) is 19.4. The number of hydrogen-bond donors (Lipinski definition) is 1. The summed E-state index contributed by atoms with van der Waals surface area (Å²) in [5, 5.41) is 0. The van der Waals surface area contributed by atoms with Gasteiger partial charge in [0.15, 0.2) is 0 Å². The number of quaternary nitrogens is 1. The van der Waals surface area contributed by atoms with E-state index in [-0.39, 0.29) is 0 Å². The van der Waals surface area contributed by atoms with Crippen LogP contribution in [0, 0.1) is 0 Å². The highest BCUT2D eigenvalue weighted by molar-refractivity contribution is 5.49. The molecular weight excluding hydrogens is 357 g/mol. The predicted octanol–water partition coefficient (Wildman–Crippen LogP) is 2.63. The fourth-order valence-electron chi connectivity index (χ4n) is 3.43. The van der Waals surface area contributed by atoms with Crippen LogP contribution in [0.4, 0.5) is 18.9 Å². The largest absolute Gasteiger partial charge is 0.497 e. The summed E-state index contributed by atoms with van der Waals surface area (Å²) in [7, 11) is 3.28. The maximum absolute atomic E-state index is 12.9. The number of piperazine rings is 1. The SMILES string of the molecule is COc1ccc(OC)c(C[NH+]2CCN(c3cccc(C(F)(F)F)c3)CC2)c1. The number of benzene rings is 2. The molecule has 0 spiro atoms. The molecule has 2 aromatic rings. The smallest absolute Gasteiger partial charge is 0.416 e. The van der Waals surface area contributed by atoms with Gasteiger partial charge in [0.2, 0.25) is 0 Å². The van der Waals surface area contributed by atoms with Crippen LogP contribution < -0.4 is 19.3 Å². The van der Waals surface area contributed by atoms with Gasteiger partial charge < -0.3 is 19.3 Å². The third-order valence-corrected chi connectivity index (χ3v) is 4.94. The zero-order valence-corrected chi connectivity index (χ0v) is 15.5. The highest BCUT2D eigenvalue weighted by Gasteiger charge is 2.31. The Morgan fingerprint density at radius 3 is 2.37 bits per heavy atom. The number of nitrogens with zero attached hydrogens (tertiary/aromatic N) is 1. The average molecular weight is 381 g/mol. The molecule has 7 heteroatoms. The van der Waals surface area contributed by atoms with Crippen molar-refractivity contribution < 1.29 is 27.5 Å². The maximum atomic E-state index is 12.9. The van der Waals surface area contributed by atoms with E-state index in [0.29, 0.717) is 18.8 Å². The van der Waals surface area contributed by atoms with E-state index in [1.165, 1.54) is 17.0 Å². The minimum absolute atomic E-state index is 0.601. The van der Waals surface area contributed by atoms with Gasteiger partial charge in [0.05, 0.1) is 51.5 Å². The fraction of sp³-hybridized carbons (Fsp3) is 0.400. The number of halogens is 3. The van der Waals surface area contributed by atoms with Gasteiger partial charge in [-0.15, -0.1) is 0 Å². The van der Waals surface area contributed by atoms with E-state index in [1.54, 1.807) is 20.3 Å².